The molecule has 0 saturated heterocycles. The number of thiophene rings is 1. The normalized spacial score (nSPS) is 12.8. The number of nitrogens with two attached hydrogens (primary N) is 1. The van der Waals surface area contributed by atoms with Crippen LogP contribution in [-0.2, 0) is 16.1 Å². The Morgan fingerprint density at radius 1 is 1.35 bits per heavy atom. The second-order valence-electron chi connectivity index (χ2n) is 4.67. The minimum absolute atomic E-state index is 0.000362. The highest BCUT2D eigenvalue weighted by atomic mass is 32.1. The van der Waals surface area contributed by atoms with Crippen LogP contribution in [0.4, 0.5) is 5.82 Å². The van der Waals surface area contributed by atoms with Crippen LogP contribution in [0.15, 0.2) is 0 Å². The molecule has 1 unspecified atom stereocenters. The zero-order chi connectivity index (χ0) is 14.7. The van der Waals surface area contributed by atoms with Crippen molar-refractivity contribution in [2.75, 3.05) is 19.1 Å². The molecule has 20 heavy (non-hydrogen) atoms. The van der Waals surface area contributed by atoms with Gasteiger partial charge in [-0.15, -0.1) is 11.3 Å². The van der Waals surface area contributed by atoms with E-state index >= 15 is 0 Å². The van der Waals surface area contributed by atoms with Crippen LogP contribution < -0.4 is 11.3 Å². The number of methoxy groups -OCH3 is 1. The molecule has 0 fully saturated rings. The number of ether oxygens (including phenoxy) is 2. The molecule has 0 aliphatic rings. The molecule has 0 spiro atoms. The predicted molar refractivity (Wildman–Crippen MR) is 80.8 cm³/mol. The Labute approximate surface area is 122 Å². The second-order valence-corrected chi connectivity index (χ2v) is 5.88. The molecule has 3 N–H and O–H groups in total. The minimum atomic E-state index is 0.000362. The number of rotatable bonds is 6. The van der Waals surface area contributed by atoms with Gasteiger partial charge in [-0.05, 0) is 26.3 Å². The van der Waals surface area contributed by atoms with E-state index in [1.807, 2.05) is 6.92 Å². The predicted octanol–water partition coefficient (Wildman–Crippen LogP) is 2.15. The SMILES string of the molecule is COCC(C)OCc1nc(NN)c2c(C)c(C)sc2n1. The summed E-state index contributed by atoms with van der Waals surface area (Å²) in [6, 6.07) is 0. The third-order valence-corrected chi connectivity index (χ3v) is 4.21. The van der Waals surface area contributed by atoms with Crippen LogP contribution in [0.5, 0.6) is 0 Å². The van der Waals surface area contributed by atoms with Crippen LogP contribution in [0, 0.1) is 13.8 Å². The van der Waals surface area contributed by atoms with Crippen molar-refractivity contribution in [2.45, 2.75) is 33.5 Å². The molecule has 0 radical (unpaired) electrons. The summed E-state index contributed by atoms with van der Waals surface area (Å²) in [4.78, 5) is 11.1. The minimum Gasteiger partial charge on any atom is -0.382 e. The average molecular weight is 296 g/mol. The Morgan fingerprint density at radius 3 is 2.75 bits per heavy atom. The molecule has 0 amide bonds. The Hall–Kier alpha value is -1.28. The molecule has 2 aromatic rings. The van der Waals surface area contributed by atoms with Crippen LogP contribution in [-0.4, -0.2) is 29.8 Å². The van der Waals surface area contributed by atoms with Gasteiger partial charge in [-0.2, -0.15) is 0 Å². The van der Waals surface area contributed by atoms with Gasteiger partial charge in [0.05, 0.1) is 18.1 Å². The lowest BCUT2D eigenvalue weighted by Gasteiger charge is -2.12. The number of hydrazine groups is 1. The van der Waals surface area contributed by atoms with Crippen molar-refractivity contribution in [3.63, 3.8) is 0 Å². The Kier molecular flexibility index (Phi) is 4.87. The highest BCUT2D eigenvalue weighted by Crippen LogP contribution is 2.32. The van der Waals surface area contributed by atoms with Crippen molar-refractivity contribution >= 4 is 27.4 Å². The number of fused-ring (bicyclic) bond motifs is 1. The topological polar surface area (TPSA) is 82.3 Å². The van der Waals surface area contributed by atoms with Gasteiger partial charge < -0.3 is 14.9 Å². The Morgan fingerprint density at radius 2 is 2.10 bits per heavy atom. The van der Waals surface area contributed by atoms with Gasteiger partial charge in [0.15, 0.2) is 11.6 Å². The van der Waals surface area contributed by atoms with Crippen molar-refractivity contribution in [3.05, 3.63) is 16.3 Å². The van der Waals surface area contributed by atoms with Crippen LogP contribution in [0.25, 0.3) is 10.2 Å². The fourth-order valence-corrected chi connectivity index (χ4v) is 3.01. The largest absolute Gasteiger partial charge is 0.382 e. The lowest BCUT2D eigenvalue weighted by atomic mass is 10.2. The van der Waals surface area contributed by atoms with Gasteiger partial charge in [0.25, 0.3) is 0 Å². The molecular formula is C13H20N4O2S. The zero-order valence-corrected chi connectivity index (χ0v) is 13.0. The fraction of sp³-hybridized carbons (Fsp3) is 0.538. The highest BCUT2D eigenvalue weighted by Gasteiger charge is 2.14. The Bertz CT molecular complexity index is 600. The molecule has 110 valence electrons. The van der Waals surface area contributed by atoms with E-state index in [0.29, 0.717) is 24.9 Å². The molecule has 0 saturated carbocycles. The van der Waals surface area contributed by atoms with Gasteiger partial charge in [-0.25, -0.2) is 15.8 Å². The van der Waals surface area contributed by atoms with Crippen molar-refractivity contribution in [2.24, 2.45) is 5.84 Å². The number of hydrogen-bond acceptors (Lipinski definition) is 7. The van der Waals surface area contributed by atoms with E-state index in [2.05, 4.69) is 29.2 Å². The van der Waals surface area contributed by atoms with E-state index in [4.69, 9.17) is 15.3 Å². The third-order valence-electron chi connectivity index (χ3n) is 3.11. The van der Waals surface area contributed by atoms with E-state index in [1.165, 1.54) is 4.88 Å². The maximum absolute atomic E-state index is 5.64. The van der Waals surface area contributed by atoms with E-state index < -0.39 is 0 Å². The van der Waals surface area contributed by atoms with E-state index in [9.17, 15) is 0 Å². The number of aryl methyl sites for hydroxylation is 2. The molecule has 7 heteroatoms. The number of nitrogen functional groups attached to an aromatic ring is 1. The van der Waals surface area contributed by atoms with Crippen LogP contribution in [0.2, 0.25) is 0 Å². The number of anilines is 1. The van der Waals surface area contributed by atoms with Crippen LogP contribution in [0.3, 0.4) is 0 Å². The molecule has 2 aromatic heterocycles. The molecule has 0 aromatic carbocycles. The standard InChI is InChI=1S/C13H20N4O2S/c1-7(5-18-4)19-6-10-15-12(17-14)11-8(2)9(3)20-13(11)16-10/h7H,5-6,14H2,1-4H3,(H,15,16,17). The number of nitrogens with one attached hydrogen (secondary N) is 1. The van der Waals surface area contributed by atoms with Crippen LogP contribution in [0.1, 0.15) is 23.2 Å². The molecule has 1 atom stereocenters. The van der Waals surface area contributed by atoms with Gasteiger partial charge >= 0.3 is 0 Å². The molecule has 2 heterocycles. The molecule has 0 aliphatic heterocycles. The van der Waals surface area contributed by atoms with Gasteiger partial charge in [0.1, 0.15) is 11.4 Å². The van der Waals surface area contributed by atoms with Crippen molar-refractivity contribution in [1.29, 1.82) is 0 Å². The summed E-state index contributed by atoms with van der Waals surface area (Å²) in [7, 11) is 1.65. The quantitative estimate of drug-likeness (QED) is 0.628. The zero-order valence-electron chi connectivity index (χ0n) is 12.2. The number of aromatic nitrogens is 2. The van der Waals surface area contributed by atoms with E-state index in [1.54, 1.807) is 18.4 Å². The van der Waals surface area contributed by atoms with Gasteiger partial charge in [0, 0.05) is 12.0 Å². The van der Waals surface area contributed by atoms with Crippen LogP contribution >= 0.6 is 11.3 Å². The maximum Gasteiger partial charge on any atom is 0.158 e. The fourth-order valence-electron chi connectivity index (χ4n) is 1.96. The Balaban J connectivity index is 2.27. The molecule has 6 nitrogen and oxygen atoms in total. The molecular weight excluding hydrogens is 276 g/mol. The highest BCUT2D eigenvalue weighted by molar-refractivity contribution is 7.18. The summed E-state index contributed by atoms with van der Waals surface area (Å²) in [6.45, 7) is 6.95. The lowest BCUT2D eigenvalue weighted by Crippen LogP contribution is -2.16. The van der Waals surface area contributed by atoms with Crippen molar-refractivity contribution in [1.82, 2.24) is 9.97 Å². The van der Waals surface area contributed by atoms with Gasteiger partial charge in [0.2, 0.25) is 0 Å². The molecule has 0 aliphatic carbocycles. The van der Waals surface area contributed by atoms with E-state index in [-0.39, 0.29) is 6.10 Å². The maximum atomic E-state index is 5.64. The van der Waals surface area contributed by atoms with Gasteiger partial charge in [-0.1, -0.05) is 0 Å². The molecule has 0 bridgehead atoms. The van der Waals surface area contributed by atoms with E-state index in [0.717, 1.165) is 15.8 Å². The first-order chi connectivity index (χ1) is 9.56. The third kappa shape index (κ3) is 3.06. The smallest absolute Gasteiger partial charge is 0.158 e. The summed E-state index contributed by atoms with van der Waals surface area (Å²) in [5, 5.41) is 0.990. The number of hydrogen-bond donors (Lipinski definition) is 2. The number of nitrogens with zero attached hydrogens (tertiary/aromatic N) is 2. The average Bonchev–Trinajstić information content (AvgIpc) is 2.71. The molecule has 2 rings (SSSR count). The summed E-state index contributed by atoms with van der Waals surface area (Å²) in [6.07, 6.45) is 0.000362. The first kappa shape index (κ1) is 15.1. The van der Waals surface area contributed by atoms with Crippen molar-refractivity contribution < 1.29 is 9.47 Å². The summed E-state index contributed by atoms with van der Waals surface area (Å²) in [5.74, 6) is 6.84. The van der Waals surface area contributed by atoms with Crippen molar-refractivity contribution in [3.8, 4) is 0 Å². The summed E-state index contributed by atoms with van der Waals surface area (Å²) >= 11 is 1.64. The first-order valence-electron chi connectivity index (χ1n) is 6.40. The first-order valence-corrected chi connectivity index (χ1v) is 7.22. The summed E-state index contributed by atoms with van der Waals surface area (Å²) < 4.78 is 10.7. The van der Waals surface area contributed by atoms with Gasteiger partial charge in [-0.3, -0.25) is 0 Å². The monoisotopic (exact) mass is 296 g/mol. The summed E-state index contributed by atoms with van der Waals surface area (Å²) in [5.41, 5.74) is 3.82. The second kappa shape index (κ2) is 6.45. The lowest BCUT2D eigenvalue weighted by molar-refractivity contribution is -0.00257.